The van der Waals surface area contributed by atoms with E-state index in [4.69, 9.17) is 32.0 Å². The van der Waals surface area contributed by atoms with E-state index in [1.54, 1.807) is 16.7 Å². The molecule has 5 rings (SSSR count). The van der Waals surface area contributed by atoms with E-state index in [2.05, 4.69) is 5.32 Å². The standard InChI is InChI=1S/C22H20ClN5O2/c23-13-7-9-14(10-8-13)28-20(24)18(22(29)25-12-15-4-3-11-30-15)19-21(28)27-17-6-2-1-5-16(17)26-19/h1-2,5-10,15H,3-4,11-12,24H2,(H,25,29)/t15-/m1/s1. The Balaban J connectivity index is 1.66. The Kier molecular flexibility index (Phi) is 4.77. The summed E-state index contributed by atoms with van der Waals surface area (Å²) in [6, 6.07) is 14.8. The molecule has 0 bridgehead atoms. The first-order valence-electron chi connectivity index (χ1n) is 9.84. The molecule has 2 aromatic heterocycles. The summed E-state index contributed by atoms with van der Waals surface area (Å²) in [4.78, 5) is 22.6. The minimum atomic E-state index is -0.287. The lowest BCUT2D eigenvalue weighted by Crippen LogP contribution is -2.32. The summed E-state index contributed by atoms with van der Waals surface area (Å²) < 4.78 is 7.35. The van der Waals surface area contributed by atoms with Gasteiger partial charge in [0.2, 0.25) is 0 Å². The van der Waals surface area contributed by atoms with Crippen molar-refractivity contribution in [1.29, 1.82) is 0 Å². The van der Waals surface area contributed by atoms with Gasteiger partial charge in [-0.15, -0.1) is 0 Å². The van der Waals surface area contributed by atoms with Gasteiger partial charge < -0.3 is 15.8 Å². The average molecular weight is 422 g/mol. The lowest BCUT2D eigenvalue weighted by Gasteiger charge is -2.11. The Labute approximate surface area is 177 Å². The molecule has 30 heavy (non-hydrogen) atoms. The molecule has 1 aliphatic rings. The number of amides is 1. The lowest BCUT2D eigenvalue weighted by atomic mass is 10.2. The van der Waals surface area contributed by atoms with Gasteiger partial charge in [-0.1, -0.05) is 23.7 Å². The van der Waals surface area contributed by atoms with Crippen LogP contribution in [0.25, 0.3) is 27.9 Å². The predicted molar refractivity (Wildman–Crippen MR) is 117 cm³/mol. The van der Waals surface area contributed by atoms with Crippen LogP contribution in [0.3, 0.4) is 0 Å². The molecule has 152 valence electrons. The highest BCUT2D eigenvalue weighted by molar-refractivity contribution is 6.30. The molecule has 0 aliphatic carbocycles. The van der Waals surface area contributed by atoms with E-state index < -0.39 is 0 Å². The Morgan fingerprint density at radius 2 is 1.90 bits per heavy atom. The first-order chi connectivity index (χ1) is 14.6. The van der Waals surface area contributed by atoms with E-state index in [0.29, 0.717) is 33.8 Å². The summed E-state index contributed by atoms with van der Waals surface area (Å²) in [6.07, 6.45) is 1.98. The molecule has 0 spiro atoms. The molecule has 0 unspecified atom stereocenters. The number of aromatic nitrogens is 3. The van der Waals surface area contributed by atoms with Gasteiger partial charge in [0.05, 0.1) is 17.1 Å². The molecule has 0 radical (unpaired) electrons. The fourth-order valence-electron chi connectivity index (χ4n) is 3.84. The third-order valence-corrected chi connectivity index (χ3v) is 5.58. The number of hydrogen-bond acceptors (Lipinski definition) is 5. The molecule has 1 saturated heterocycles. The highest BCUT2D eigenvalue weighted by atomic mass is 35.5. The second-order valence-corrected chi connectivity index (χ2v) is 7.74. The Hall–Kier alpha value is -3.16. The first kappa shape index (κ1) is 18.8. The van der Waals surface area contributed by atoms with Gasteiger partial charge in [-0.3, -0.25) is 9.36 Å². The van der Waals surface area contributed by atoms with Crippen molar-refractivity contribution in [2.75, 3.05) is 18.9 Å². The van der Waals surface area contributed by atoms with Gasteiger partial charge >= 0.3 is 0 Å². The van der Waals surface area contributed by atoms with Crippen LogP contribution < -0.4 is 11.1 Å². The maximum absolute atomic E-state index is 13.1. The fraction of sp³-hybridized carbons (Fsp3) is 0.227. The monoisotopic (exact) mass is 421 g/mol. The second-order valence-electron chi connectivity index (χ2n) is 7.30. The SMILES string of the molecule is Nc1c(C(=O)NC[C@H]2CCCO2)c2nc3ccccc3nc2n1-c1ccc(Cl)cc1. The van der Waals surface area contributed by atoms with Gasteiger partial charge in [0, 0.05) is 23.9 Å². The van der Waals surface area contributed by atoms with E-state index in [1.807, 2.05) is 36.4 Å². The molecular formula is C22H20ClN5O2. The largest absolute Gasteiger partial charge is 0.384 e. The zero-order valence-corrected chi connectivity index (χ0v) is 16.9. The average Bonchev–Trinajstić information content (AvgIpc) is 3.37. The predicted octanol–water partition coefficient (Wildman–Crippen LogP) is 3.72. The summed E-state index contributed by atoms with van der Waals surface area (Å²) in [7, 11) is 0. The maximum Gasteiger partial charge on any atom is 0.257 e. The summed E-state index contributed by atoms with van der Waals surface area (Å²) in [5.74, 6) is -0.00207. The smallest absolute Gasteiger partial charge is 0.257 e. The van der Waals surface area contributed by atoms with Gasteiger partial charge in [0.25, 0.3) is 5.91 Å². The molecule has 1 amide bonds. The van der Waals surface area contributed by atoms with Gasteiger partial charge in [-0.2, -0.15) is 0 Å². The molecule has 2 aromatic carbocycles. The molecule has 7 nitrogen and oxygen atoms in total. The van der Waals surface area contributed by atoms with Gasteiger partial charge in [-0.25, -0.2) is 9.97 Å². The molecule has 3 heterocycles. The number of carbonyl (C=O) groups excluding carboxylic acids is 1. The van der Waals surface area contributed by atoms with Gasteiger partial charge in [0.15, 0.2) is 5.65 Å². The molecule has 8 heteroatoms. The van der Waals surface area contributed by atoms with E-state index in [9.17, 15) is 4.79 Å². The fourth-order valence-corrected chi connectivity index (χ4v) is 3.96. The number of nitrogen functional groups attached to an aromatic ring is 1. The van der Waals surface area contributed by atoms with Crippen molar-refractivity contribution in [3.05, 3.63) is 59.1 Å². The number of fused-ring (bicyclic) bond motifs is 2. The molecule has 0 saturated carbocycles. The van der Waals surface area contributed by atoms with Crippen LogP contribution in [0.4, 0.5) is 5.82 Å². The Morgan fingerprint density at radius 1 is 1.17 bits per heavy atom. The molecule has 1 aliphatic heterocycles. The minimum Gasteiger partial charge on any atom is -0.384 e. The Morgan fingerprint density at radius 3 is 2.60 bits per heavy atom. The summed E-state index contributed by atoms with van der Waals surface area (Å²) in [5, 5.41) is 3.56. The molecule has 1 atom stereocenters. The maximum atomic E-state index is 13.1. The Bertz CT molecular complexity index is 1250. The van der Waals surface area contributed by atoms with Crippen LogP contribution in [0.2, 0.25) is 5.02 Å². The van der Waals surface area contributed by atoms with Crippen LogP contribution in [0.5, 0.6) is 0 Å². The van der Waals surface area contributed by atoms with E-state index in [1.165, 1.54) is 0 Å². The van der Waals surface area contributed by atoms with Crippen LogP contribution in [0.1, 0.15) is 23.2 Å². The number of nitrogens with two attached hydrogens (primary N) is 1. The number of rotatable bonds is 4. The minimum absolute atomic E-state index is 0.0340. The van der Waals surface area contributed by atoms with Crippen LogP contribution in [-0.2, 0) is 4.74 Å². The third-order valence-electron chi connectivity index (χ3n) is 5.32. The zero-order valence-electron chi connectivity index (χ0n) is 16.1. The molecule has 4 aromatic rings. The highest BCUT2D eigenvalue weighted by Crippen LogP contribution is 2.31. The number of ether oxygens (including phenoxy) is 1. The van der Waals surface area contributed by atoms with Crippen molar-refractivity contribution in [2.45, 2.75) is 18.9 Å². The normalized spacial score (nSPS) is 16.4. The topological polar surface area (TPSA) is 95.1 Å². The summed E-state index contributed by atoms with van der Waals surface area (Å²) in [5.41, 5.74) is 9.98. The number of benzene rings is 2. The lowest BCUT2D eigenvalue weighted by molar-refractivity contribution is 0.0859. The van der Waals surface area contributed by atoms with Crippen LogP contribution >= 0.6 is 11.6 Å². The van der Waals surface area contributed by atoms with Crippen molar-refractivity contribution in [1.82, 2.24) is 19.9 Å². The van der Waals surface area contributed by atoms with Crippen molar-refractivity contribution >= 4 is 45.5 Å². The second kappa shape index (κ2) is 7.59. The number of anilines is 1. The first-order valence-corrected chi connectivity index (χ1v) is 10.2. The van der Waals surface area contributed by atoms with Crippen LogP contribution in [-0.4, -0.2) is 39.7 Å². The number of hydrogen-bond donors (Lipinski definition) is 2. The quantitative estimate of drug-likeness (QED) is 0.523. The van der Waals surface area contributed by atoms with Crippen molar-refractivity contribution in [3.8, 4) is 5.69 Å². The highest BCUT2D eigenvalue weighted by Gasteiger charge is 2.26. The van der Waals surface area contributed by atoms with Crippen LogP contribution in [0, 0.1) is 0 Å². The number of nitrogens with one attached hydrogen (secondary N) is 1. The van der Waals surface area contributed by atoms with Crippen molar-refractivity contribution in [2.24, 2.45) is 0 Å². The third kappa shape index (κ3) is 3.26. The zero-order chi connectivity index (χ0) is 20.7. The van der Waals surface area contributed by atoms with Crippen molar-refractivity contribution < 1.29 is 9.53 Å². The van der Waals surface area contributed by atoms with E-state index in [0.717, 1.165) is 30.7 Å². The number of carbonyl (C=O) groups is 1. The van der Waals surface area contributed by atoms with E-state index >= 15 is 0 Å². The summed E-state index contributed by atoms with van der Waals surface area (Å²) >= 11 is 6.05. The number of halogens is 1. The molecule has 1 fully saturated rings. The number of para-hydroxylation sites is 2. The number of nitrogens with zero attached hydrogens (tertiary/aromatic N) is 3. The van der Waals surface area contributed by atoms with E-state index in [-0.39, 0.29) is 17.8 Å². The van der Waals surface area contributed by atoms with Gasteiger partial charge in [0.1, 0.15) is 16.9 Å². The molecule has 3 N–H and O–H groups in total. The van der Waals surface area contributed by atoms with Crippen LogP contribution in [0.15, 0.2) is 48.5 Å². The summed E-state index contributed by atoms with van der Waals surface area (Å²) in [6.45, 7) is 1.17. The van der Waals surface area contributed by atoms with Crippen molar-refractivity contribution in [3.63, 3.8) is 0 Å². The van der Waals surface area contributed by atoms with Gasteiger partial charge in [-0.05, 0) is 49.2 Å². The molecular weight excluding hydrogens is 402 g/mol.